The zero-order valence-electron chi connectivity index (χ0n) is 12.9. The van der Waals surface area contributed by atoms with E-state index in [1.54, 1.807) is 6.07 Å². The van der Waals surface area contributed by atoms with Gasteiger partial charge in [0, 0.05) is 11.1 Å². The molecule has 0 unspecified atom stereocenters. The van der Waals surface area contributed by atoms with Crippen LogP contribution in [0.15, 0.2) is 78.9 Å². The van der Waals surface area contributed by atoms with Crippen molar-refractivity contribution in [2.45, 2.75) is 0 Å². The van der Waals surface area contributed by atoms with Gasteiger partial charge >= 0.3 is 0 Å². The molecule has 1 amide bonds. The molecule has 0 aliphatic rings. The van der Waals surface area contributed by atoms with E-state index < -0.39 is 0 Å². The van der Waals surface area contributed by atoms with Crippen LogP contribution in [0.3, 0.4) is 0 Å². The second-order valence-electron chi connectivity index (χ2n) is 5.70. The predicted octanol–water partition coefficient (Wildman–Crippen LogP) is 4.95. The highest BCUT2D eigenvalue weighted by Gasteiger charge is 2.13. The van der Waals surface area contributed by atoms with Gasteiger partial charge in [-0.05, 0) is 34.4 Å². The molecule has 4 aromatic carbocycles. The molecular formula is C21H15NO2. The molecule has 116 valence electrons. The molecule has 0 spiro atoms. The van der Waals surface area contributed by atoms with Crippen molar-refractivity contribution in [1.29, 1.82) is 0 Å². The first kappa shape index (κ1) is 14.3. The van der Waals surface area contributed by atoms with Crippen LogP contribution in [0.4, 0.5) is 5.69 Å². The normalized spacial score (nSPS) is 10.8. The van der Waals surface area contributed by atoms with Gasteiger partial charge in [-0.15, -0.1) is 0 Å². The van der Waals surface area contributed by atoms with E-state index >= 15 is 0 Å². The van der Waals surface area contributed by atoms with Crippen molar-refractivity contribution < 1.29 is 9.90 Å². The Bertz CT molecular complexity index is 1060. The quantitative estimate of drug-likeness (QED) is 0.550. The molecule has 0 saturated heterocycles. The van der Waals surface area contributed by atoms with E-state index in [-0.39, 0.29) is 11.7 Å². The summed E-state index contributed by atoms with van der Waals surface area (Å²) in [7, 11) is 0. The minimum atomic E-state index is -0.238. The number of rotatable bonds is 2. The molecule has 4 aromatic rings. The number of benzene rings is 4. The van der Waals surface area contributed by atoms with Gasteiger partial charge in [0.15, 0.2) is 0 Å². The number of carbonyl (C=O) groups is 1. The third-order valence-corrected chi connectivity index (χ3v) is 4.13. The van der Waals surface area contributed by atoms with E-state index in [9.17, 15) is 9.90 Å². The highest BCUT2D eigenvalue weighted by molar-refractivity contribution is 6.15. The maximum absolute atomic E-state index is 12.8. The molecule has 0 radical (unpaired) electrons. The first-order valence-electron chi connectivity index (χ1n) is 7.73. The van der Waals surface area contributed by atoms with Crippen LogP contribution in [0, 0.1) is 0 Å². The number of hydrogen-bond donors (Lipinski definition) is 2. The van der Waals surface area contributed by atoms with Crippen molar-refractivity contribution in [2.24, 2.45) is 0 Å². The molecule has 0 fully saturated rings. The number of fused-ring (bicyclic) bond motifs is 2. The van der Waals surface area contributed by atoms with Crippen molar-refractivity contribution in [3.05, 3.63) is 84.4 Å². The molecule has 2 N–H and O–H groups in total. The molecule has 0 heterocycles. The Hall–Kier alpha value is -3.33. The lowest BCUT2D eigenvalue weighted by atomic mass is 10.0. The Morgan fingerprint density at radius 1 is 0.750 bits per heavy atom. The maximum Gasteiger partial charge on any atom is 0.256 e. The van der Waals surface area contributed by atoms with Gasteiger partial charge in [0.25, 0.3) is 5.91 Å². The Morgan fingerprint density at radius 3 is 2.25 bits per heavy atom. The number of hydrogen-bond acceptors (Lipinski definition) is 2. The van der Waals surface area contributed by atoms with Gasteiger partial charge in [-0.2, -0.15) is 0 Å². The van der Waals surface area contributed by atoms with E-state index in [4.69, 9.17) is 0 Å². The van der Waals surface area contributed by atoms with Crippen LogP contribution in [0.1, 0.15) is 10.4 Å². The van der Waals surface area contributed by atoms with Crippen LogP contribution in [0.2, 0.25) is 0 Å². The molecule has 3 nitrogen and oxygen atoms in total. The standard InChI is InChI=1S/C21H15NO2/c23-16-12-15-7-2-3-9-17(15)19(13-16)21(24)22-20-11-5-8-14-6-1-4-10-18(14)20/h1-13,23H,(H,22,24). The van der Waals surface area contributed by atoms with Crippen molar-refractivity contribution in [2.75, 3.05) is 5.32 Å². The first-order chi connectivity index (χ1) is 11.7. The highest BCUT2D eigenvalue weighted by Crippen LogP contribution is 2.27. The summed E-state index contributed by atoms with van der Waals surface area (Å²) in [6.45, 7) is 0. The summed E-state index contributed by atoms with van der Waals surface area (Å²) in [5.41, 5.74) is 1.21. The van der Waals surface area contributed by atoms with Crippen LogP contribution < -0.4 is 5.32 Å². The lowest BCUT2D eigenvalue weighted by Gasteiger charge is -2.11. The summed E-state index contributed by atoms with van der Waals surface area (Å²) < 4.78 is 0. The molecular weight excluding hydrogens is 298 g/mol. The summed E-state index contributed by atoms with van der Waals surface area (Å²) in [6.07, 6.45) is 0. The second-order valence-corrected chi connectivity index (χ2v) is 5.70. The van der Waals surface area contributed by atoms with Crippen molar-refractivity contribution in [1.82, 2.24) is 0 Å². The maximum atomic E-state index is 12.8. The van der Waals surface area contributed by atoms with Gasteiger partial charge in [0.05, 0.1) is 5.56 Å². The van der Waals surface area contributed by atoms with Crippen LogP contribution in [-0.4, -0.2) is 11.0 Å². The zero-order valence-corrected chi connectivity index (χ0v) is 12.9. The number of anilines is 1. The molecule has 4 rings (SSSR count). The van der Waals surface area contributed by atoms with Crippen LogP contribution in [0.25, 0.3) is 21.5 Å². The van der Waals surface area contributed by atoms with E-state index in [0.717, 1.165) is 27.2 Å². The fourth-order valence-corrected chi connectivity index (χ4v) is 3.01. The van der Waals surface area contributed by atoms with Gasteiger partial charge in [-0.25, -0.2) is 0 Å². The Balaban J connectivity index is 1.80. The van der Waals surface area contributed by atoms with Crippen molar-refractivity contribution in [3.63, 3.8) is 0 Å². The number of aromatic hydroxyl groups is 1. The van der Waals surface area contributed by atoms with Crippen LogP contribution in [0.5, 0.6) is 5.75 Å². The summed E-state index contributed by atoms with van der Waals surface area (Å²) in [6, 6.07) is 24.4. The van der Waals surface area contributed by atoms with Gasteiger partial charge in [0.2, 0.25) is 0 Å². The fraction of sp³-hybridized carbons (Fsp3) is 0. The van der Waals surface area contributed by atoms with Crippen LogP contribution in [-0.2, 0) is 0 Å². The number of phenolic OH excluding ortho intramolecular Hbond substituents is 1. The van der Waals surface area contributed by atoms with Gasteiger partial charge in [-0.3, -0.25) is 4.79 Å². The lowest BCUT2D eigenvalue weighted by Crippen LogP contribution is -2.12. The lowest BCUT2D eigenvalue weighted by molar-refractivity contribution is 0.102. The molecule has 3 heteroatoms. The highest BCUT2D eigenvalue weighted by atomic mass is 16.3. The van der Waals surface area contributed by atoms with E-state index in [0.29, 0.717) is 5.56 Å². The predicted molar refractivity (Wildman–Crippen MR) is 97.5 cm³/mol. The molecule has 0 bridgehead atoms. The number of amides is 1. The largest absolute Gasteiger partial charge is 0.508 e. The molecule has 0 atom stereocenters. The van der Waals surface area contributed by atoms with Gasteiger partial charge in [-0.1, -0.05) is 60.7 Å². The Morgan fingerprint density at radius 2 is 1.42 bits per heavy atom. The Kier molecular flexibility index (Phi) is 3.39. The average Bonchev–Trinajstić information content (AvgIpc) is 2.61. The molecule has 0 aliphatic heterocycles. The Labute approximate surface area is 139 Å². The number of nitrogens with one attached hydrogen (secondary N) is 1. The monoisotopic (exact) mass is 313 g/mol. The SMILES string of the molecule is O=C(Nc1cccc2ccccc12)c1cc(O)cc2ccccc12. The van der Waals surface area contributed by atoms with Gasteiger partial charge in [0.1, 0.15) is 5.75 Å². The third kappa shape index (κ3) is 2.46. The van der Waals surface area contributed by atoms with E-state index in [2.05, 4.69) is 5.32 Å². The molecule has 0 aromatic heterocycles. The molecule has 0 aliphatic carbocycles. The number of phenols is 1. The summed E-state index contributed by atoms with van der Waals surface area (Å²) in [5, 5.41) is 16.6. The topological polar surface area (TPSA) is 49.3 Å². The first-order valence-corrected chi connectivity index (χ1v) is 7.73. The second kappa shape index (κ2) is 5.70. The van der Waals surface area contributed by atoms with Crippen LogP contribution >= 0.6 is 0 Å². The minimum Gasteiger partial charge on any atom is -0.508 e. The number of carbonyl (C=O) groups excluding carboxylic acids is 1. The summed E-state index contributed by atoms with van der Waals surface area (Å²) in [4.78, 5) is 12.8. The van der Waals surface area contributed by atoms with Crippen molar-refractivity contribution >= 4 is 33.1 Å². The summed E-state index contributed by atoms with van der Waals surface area (Å²) in [5.74, 6) is -0.157. The fourth-order valence-electron chi connectivity index (χ4n) is 3.01. The smallest absolute Gasteiger partial charge is 0.256 e. The minimum absolute atomic E-state index is 0.0803. The summed E-state index contributed by atoms with van der Waals surface area (Å²) >= 11 is 0. The van der Waals surface area contributed by atoms with E-state index in [1.165, 1.54) is 6.07 Å². The average molecular weight is 313 g/mol. The third-order valence-electron chi connectivity index (χ3n) is 4.13. The molecule has 0 saturated carbocycles. The van der Waals surface area contributed by atoms with E-state index in [1.807, 2.05) is 66.7 Å². The van der Waals surface area contributed by atoms with Gasteiger partial charge < -0.3 is 10.4 Å². The van der Waals surface area contributed by atoms with Crippen molar-refractivity contribution in [3.8, 4) is 5.75 Å². The zero-order chi connectivity index (χ0) is 16.5. The molecule has 24 heavy (non-hydrogen) atoms.